The first kappa shape index (κ1) is 12.0. The van der Waals surface area contributed by atoms with Crippen LogP contribution in [0.15, 0.2) is 6.08 Å². The third-order valence-corrected chi connectivity index (χ3v) is 2.49. The molecule has 3 nitrogen and oxygen atoms in total. The molecule has 0 bridgehead atoms. The number of rotatable bonds is 2. The summed E-state index contributed by atoms with van der Waals surface area (Å²) in [5.41, 5.74) is 0. The first-order chi connectivity index (χ1) is 5.83. The second-order valence-electron chi connectivity index (χ2n) is 3.27. The number of ether oxygens (including phenoxy) is 1. The Hall–Kier alpha value is 0.975. The molecule has 1 fully saturated rings. The molecule has 66 valence electrons. The van der Waals surface area contributed by atoms with Gasteiger partial charge in [0.25, 0.3) is 0 Å². The van der Waals surface area contributed by atoms with Crippen molar-refractivity contribution in [1.82, 2.24) is 4.90 Å². The fraction of sp³-hybridized carbons (Fsp3) is 0.667. The molecule has 0 N–H and O–H groups in total. The van der Waals surface area contributed by atoms with E-state index in [9.17, 15) is 4.79 Å². The summed E-state index contributed by atoms with van der Waals surface area (Å²) in [5, 5.41) is 0. The molecule has 2 aliphatic rings. The zero-order chi connectivity index (χ0) is 8.55. The Morgan fingerprint density at radius 2 is 2.46 bits per heavy atom. The van der Waals surface area contributed by atoms with Gasteiger partial charge >= 0.3 is 64.2 Å². The fourth-order valence-corrected chi connectivity index (χ4v) is 1.67. The molecule has 2 rings (SSSR count). The van der Waals surface area contributed by atoms with Crippen molar-refractivity contribution < 1.29 is 67.7 Å². The van der Waals surface area contributed by atoms with Gasteiger partial charge in [0.2, 0.25) is 0 Å². The van der Waals surface area contributed by atoms with Crippen molar-refractivity contribution in [3.8, 4) is 0 Å². The van der Waals surface area contributed by atoms with Gasteiger partial charge in [-0.15, -0.1) is 6.54 Å². The van der Waals surface area contributed by atoms with E-state index in [1.54, 1.807) is 0 Å². The zero-order valence-electron chi connectivity index (χ0n) is 8.12. The Labute approximate surface area is 127 Å². The Bertz CT molecular complexity index is 222. The van der Waals surface area contributed by atoms with Crippen molar-refractivity contribution >= 4 is 5.97 Å². The Morgan fingerprint density at radius 3 is 3.00 bits per heavy atom. The number of esters is 1. The van der Waals surface area contributed by atoms with Gasteiger partial charge in [0.15, 0.2) is 0 Å². The van der Waals surface area contributed by atoms with Gasteiger partial charge in [0, 0.05) is 6.04 Å². The summed E-state index contributed by atoms with van der Waals surface area (Å²) in [4.78, 5) is 13.3. The summed E-state index contributed by atoms with van der Waals surface area (Å²) >= 11 is 0. The molecule has 1 saturated carbocycles. The summed E-state index contributed by atoms with van der Waals surface area (Å²) in [6.45, 7) is 1.82. The first-order valence-corrected chi connectivity index (χ1v) is 4.20. The molecule has 2 unspecified atom stereocenters. The maximum absolute atomic E-state index is 11.1. The van der Waals surface area contributed by atoms with E-state index in [-0.39, 0.29) is 70.1 Å². The molecule has 1 heterocycles. The van der Waals surface area contributed by atoms with Crippen LogP contribution in [0.3, 0.4) is 0 Å². The van der Waals surface area contributed by atoms with Gasteiger partial charge in [0.05, 0.1) is 13.0 Å². The molecule has 0 saturated heterocycles. The summed E-state index contributed by atoms with van der Waals surface area (Å²) in [5.74, 6) is 0.0650. The normalized spacial score (nSPS) is 31.2. The molecule has 0 spiro atoms. The van der Waals surface area contributed by atoms with E-state index >= 15 is 0 Å². The summed E-state index contributed by atoms with van der Waals surface area (Å²) in [7, 11) is 1.45. The summed E-state index contributed by atoms with van der Waals surface area (Å²) in [6.07, 6.45) is 6.10. The van der Waals surface area contributed by atoms with Gasteiger partial charge in [-0.25, -0.2) is 0 Å². The van der Waals surface area contributed by atoms with Gasteiger partial charge in [0.1, 0.15) is 0 Å². The number of methoxy groups -OCH3 is 1. The summed E-state index contributed by atoms with van der Waals surface area (Å²) in [6, 6.07) is 0.420. The monoisotopic (exact) mass is 251 g/mol. The van der Waals surface area contributed by atoms with Crippen molar-refractivity contribution in [2.75, 3.05) is 20.2 Å². The van der Waals surface area contributed by atoms with E-state index in [0.29, 0.717) is 6.04 Å². The largest absolute Gasteiger partial charge is 1.00 e. The predicted molar refractivity (Wildman–Crippen MR) is 43.3 cm³/mol. The average Bonchev–Trinajstić information content (AvgIpc) is 2.71. The molecule has 2 atom stereocenters. The van der Waals surface area contributed by atoms with Crippen LogP contribution in [0.5, 0.6) is 0 Å². The van der Waals surface area contributed by atoms with Crippen LogP contribution >= 0.6 is 0 Å². The predicted octanol–water partition coefficient (Wildman–Crippen LogP) is -2.77. The maximum Gasteiger partial charge on any atom is 1.00 e. The maximum atomic E-state index is 11.1. The van der Waals surface area contributed by atoms with Gasteiger partial charge in [-0.1, -0.05) is 0 Å². The number of nitrogens with zero attached hydrogens (tertiary/aromatic N) is 1. The second-order valence-corrected chi connectivity index (χ2v) is 3.27. The third-order valence-electron chi connectivity index (χ3n) is 2.49. The van der Waals surface area contributed by atoms with Crippen molar-refractivity contribution in [2.45, 2.75) is 12.5 Å². The van der Waals surface area contributed by atoms with Crippen LogP contribution in [0.2, 0.25) is 0 Å². The van der Waals surface area contributed by atoms with Crippen LogP contribution < -0.4 is 58.2 Å². The van der Waals surface area contributed by atoms with Gasteiger partial charge < -0.3 is 15.7 Å². The SMILES string of the molecule is COC(=O)C1CC1N1C[C-]=CC1.[Rb+]. The topological polar surface area (TPSA) is 29.5 Å². The molecule has 0 amide bonds. The summed E-state index contributed by atoms with van der Waals surface area (Å²) < 4.78 is 4.67. The van der Waals surface area contributed by atoms with E-state index in [1.807, 2.05) is 6.08 Å². The Balaban J connectivity index is 0.000000845. The molecule has 0 radical (unpaired) electrons. The molecule has 1 aliphatic heterocycles. The first-order valence-electron chi connectivity index (χ1n) is 4.20. The molecule has 0 aromatic rings. The minimum atomic E-state index is -0.0631. The van der Waals surface area contributed by atoms with Crippen LogP contribution in [-0.2, 0) is 9.53 Å². The molecule has 1 aliphatic carbocycles. The van der Waals surface area contributed by atoms with Crippen molar-refractivity contribution in [2.24, 2.45) is 5.92 Å². The smallest absolute Gasteiger partial charge is 0.485 e. The number of hydrogen-bond acceptors (Lipinski definition) is 3. The van der Waals surface area contributed by atoms with Crippen LogP contribution in [-0.4, -0.2) is 37.1 Å². The average molecular weight is 252 g/mol. The van der Waals surface area contributed by atoms with E-state index in [0.717, 1.165) is 19.5 Å². The number of carbonyl (C=O) groups excluding carboxylic acids is 1. The standard InChI is InChI=1S/C9H12NO2.Rb/c1-12-9(11)7-6-8(7)10-4-2-3-5-10;/h2,7-8H,4-6H2,1H3;/q-1;+1. The Morgan fingerprint density at radius 1 is 1.69 bits per heavy atom. The minimum absolute atomic E-state index is 0. The fourth-order valence-electron chi connectivity index (χ4n) is 1.67. The quantitative estimate of drug-likeness (QED) is 0.393. The van der Waals surface area contributed by atoms with E-state index < -0.39 is 0 Å². The molecule has 0 aromatic heterocycles. The van der Waals surface area contributed by atoms with Crippen LogP contribution in [0.4, 0.5) is 0 Å². The molecular formula is C9H12NO2Rb. The van der Waals surface area contributed by atoms with E-state index in [2.05, 4.69) is 15.7 Å². The van der Waals surface area contributed by atoms with E-state index in [4.69, 9.17) is 0 Å². The van der Waals surface area contributed by atoms with Crippen molar-refractivity contribution in [3.05, 3.63) is 12.2 Å². The molecule has 4 heteroatoms. The van der Waals surface area contributed by atoms with Crippen LogP contribution in [0, 0.1) is 12.0 Å². The van der Waals surface area contributed by atoms with Gasteiger partial charge in [-0.3, -0.25) is 10.9 Å². The molecular weight excluding hydrogens is 240 g/mol. The third kappa shape index (κ3) is 2.72. The molecule has 0 aromatic carbocycles. The van der Waals surface area contributed by atoms with Gasteiger partial charge in [-0.05, 0) is 13.0 Å². The zero-order valence-corrected chi connectivity index (χ0v) is 13.0. The van der Waals surface area contributed by atoms with Crippen molar-refractivity contribution in [3.63, 3.8) is 0 Å². The van der Waals surface area contributed by atoms with Crippen molar-refractivity contribution in [1.29, 1.82) is 0 Å². The minimum Gasteiger partial charge on any atom is -0.485 e. The second kappa shape index (κ2) is 5.17. The Kier molecular flexibility index (Phi) is 4.79. The van der Waals surface area contributed by atoms with Crippen LogP contribution in [0.1, 0.15) is 6.42 Å². The van der Waals surface area contributed by atoms with Gasteiger partial charge in [-0.2, -0.15) is 0 Å². The van der Waals surface area contributed by atoms with E-state index in [1.165, 1.54) is 7.11 Å². The number of hydrogen-bond donors (Lipinski definition) is 0. The van der Waals surface area contributed by atoms with Crippen LogP contribution in [0.25, 0.3) is 0 Å². The molecule has 13 heavy (non-hydrogen) atoms. The number of carbonyl (C=O) groups is 1.